The summed E-state index contributed by atoms with van der Waals surface area (Å²) in [6.07, 6.45) is 0.975. The fourth-order valence-corrected chi connectivity index (χ4v) is 3.91. The molecule has 28 heavy (non-hydrogen) atoms. The van der Waals surface area contributed by atoms with Crippen LogP contribution in [-0.4, -0.2) is 57.3 Å². The van der Waals surface area contributed by atoms with Crippen molar-refractivity contribution in [2.75, 3.05) is 46.4 Å². The molecule has 3 rings (SSSR count). The number of rotatable bonds is 7. The molecule has 2 N–H and O–H groups in total. The quantitative estimate of drug-likeness (QED) is 0.336. The predicted octanol–water partition coefficient (Wildman–Crippen LogP) is 3.29. The van der Waals surface area contributed by atoms with Crippen LogP contribution in [0, 0.1) is 5.82 Å². The molecule has 0 amide bonds. The Morgan fingerprint density at radius 2 is 1.96 bits per heavy atom. The van der Waals surface area contributed by atoms with Gasteiger partial charge < -0.3 is 15.4 Å². The Balaban J connectivity index is 0.00000280. The molecule has 0 aliphatic carbocycles. The SMILES string of the molecule is CN=C(NCCc1cccs1)NCC(c1ccc(F)cc1)N1CCOCC1.I. The standard InChI is InChI=1S/C20H27FN4OS.HI/c1-22-20(23-9-8-18-3-2-14-27-18)24-15-19(25-10-12-26-13-11-25)16-4-6-17(21)7-5-16;/h2-7,14,19H,8-13,15H2,1H3,(H2,22,23,24);1H. The second kappa shape index (κ2) is 12.4. The van der Waals surface area contributed by atoms with E-state index in [-0.39, 0.29) is 35.8 Å². The molecule has 1 fully saturated rings. The van der Waals surface area contributed by atoms with E-state index in [0.717, 1.165) is 50.8 Å². The van der Waals surface area contributed by atoms with Crippen LogP contribution in [-0.2, 0) is 11.2 Å². The van der Waals surface area contributed by atoms with E-state index in [1.165, 1.54) is 17.0 Å². The maximum Gasteiger partial charge on any atom is 0.191 e. The lowest BCUT2D eigenvalue weighted by Gasteiger charge is -2.35. The monoisotopic (exact) mass is 518 g/mol. The number of hydrogen-bond acceptors (Lipinski definition) is 4. The van der Waals surface area contributed by atoms with Crippen LogP contribution in [0.5, 0.6) is 0 Å². The number of nitrogens with zero attached hydrogens (tertiary/aromatic N) is 2. The van der Waals surface area contributed by atoms with Crippen LogP contribution in [0.1, 0.15) is 16.5 Å². The summed E-state index contributed by atoms with van der Waals surface area (Å²) < 4.78 is 18.8. The smallest absolute Gasteiger partial charge is 0.191 e. The van der Waals surface area contributed by atoms with E-state index in [0.29, 0.717) is 6.54 Å². The van der Waals surface area contributed by atoms with Gasteiger partial charge in [0.05, 0.1) is 19.3 Å². The summed E-state index contributed by atoms with van der Waals surface area (Å²) in [5.74, 6) is 0.574. The van der Waals surface area contributed by atoms with Crippen molar-refractivity contribution in [1.29, 1.82) is 0 Å². The van der Waals surface area contributed by atoms with Gasteiger partial charge >= 0.3 is 0 Å². The summed E-state index contributed by atoms with van der Waals surface area (Å²) >= 11 is 1.77. The minimum Gasteiger partial charge on any atom is -0.379 e. The molecule has 0 saturated carbocycles. The third-order valence-corrected chi connectivity index (χ3v) is 5.61. The Morgan fingerprint density at radius 3 is 2.61 bits per heavy atom. The van der Waals surface area contributed by atoms with E-state index in [1.54, 1.807) is 18.4 Å². The predicted molar refractivity (Wildman–Crippen MR) is 124 cm³/mol. The first-order valence-corrected chi connectivity index (χ1v) is 10.2. The van der Waals surface area contributed by atoms with E-state index in [1.807, 2.05) is 12.1 Å². The first kappa shape index (κ1) is 23.1. The molecule has 1 aromatic carbocycles. The number of nitrogens with one attached hydrogen (secondary N) is 2. The van der Waals surface area contributed by atoms with Crippen molar-refractivity contribution in [2.45, 2.75) is 12.5 Å². The molecule has 1 saturated heterocycles. The number of benzene rings is 1. The summed E-state index contributed by atoms with van der Waals surface area (Å²) in [6.45, 7) is 4.72. The highest BCUT2D eigenvalue weighted by Gasteiger charge is 2.23. The number of aliphatic imine (C=N–C) groups is 1. The van der Waals surface area contributed by atoms with Gasteiger partial charge in [-0.25, -0.2) is 4.39 Å². The molecule has 0 bridgehead atoms. The first-order valence-electron chi connectivity index (χ1n) is 9.30. The van der Waals surface area contributed by atoms with Gasteiger partial charge in [-0.2, -0.15) is 0 Å². The Kier molecular flexibility index (Phi) is 10.2. The van der Waals surface area contributed by atoms with Gasteiger partial charge in [0.1, 0.15) is 5.82 Å². The van der Waals surface area contributed by atoms with E-state index in [9.17, 15) is 4.39 Å². The Hall–Kier alpha value is -1.23. The van der Waals surface area contributed by atoms with E-state index in [2.05, 4.69) is 38.0 Å². The number of guanidine groups is 1. The maximum absolute atomic E-state index is 13.3. The highest BCUT2D eigenvalue weighted by Crippen LogP contribution is 2.21. The number of thiophene rings is 1. The average molecular weight is 518 g/mol. The second-order valence-corrected chi connectivity index (χ2v) is 7.46. The molecule has 0 radical (unpaired) electrons. The number of halogens is 2. The average Bonchev–Trinajstić information content (AvgIpc) is 3.22. The molecule has 2 aromatic rings. The van der Waals surface area contributed by atoms with Crippen LogP contribution in [0.25, 0.3) is 0 Å². The topological polar surface area (TPSA) is 48.9 Å². The van der Waals surface area contributed by atoms with Crippen molar-refractivity contribution in [1.82, 2.24) is 15.5 Å². The summed E-state index contributed by atoms with van der Waals surface area (Å²) in [5.41, 5.74) is 1.10. The summed E-state index contributed by atoms with van der Waals surface area (Å²) in [5, 5.41) is 8.89. The fourth-order valence-electron chi connectivity index (χ4n) is 3.20. The van der Waals surface area contributed by atoms with Crippen LogP contribution in [0.3, 0.4) is 0 Å². The van der Waals surface area contributed by atoms with Crippen LogP contribution in [0.4, 0.5) is 4.39 Å². The number of ether oxygens (including phenoxy) is 1. The molecule has 1 unspecified atom stereocenters. The van der Waals surface area contributed by atoms with Crippen molar-refractivity contribution >= 4 is 41.3 Å². The highest BCUT2D eigenvalue weighted by atomic mass is 127. The van der Waals surface area contributed by atoms with E-state index in [4.69, 9.17) is 4.74 Å². The van der Waals surface area contributed by atoms with Gasteiger partial charge in [0, 0.05) is 38.1 Å². The van der Waals surface area contributed by atoms with Crippen molar-refractivity contribution in [3.05, 3.63) is 58.0 Å². The van der Waals surface area contributed by atoms with Crippen LogP contribution in [0.2, 0.25) is 0 Å². The van der Waals surface area contributed by atoms with Crippen LogP contribution in [0.15, 0.2) is 46.8 Å². The lowest BCUT2D eigenvalue weighted by atomic mass is 10.0. The molecule has 2 heterocycles. The van der Waals surface area contributed by atoms with Crippen LogP contribution < -0.4 is 10.6 Å². The van der Waals surface area contributed by atoms with Crippen LogP contribution >= 0.6 is 35.3 Å². The Bertz CT molecular complexity index is 706. The van der Waals surface area contributed by atoms with Gasteiger partial charge in [-0.3, -0.25) is 9.89 Å². The normalized spacial score (nSPS) is 16.3. The zero-order chi connectivity index (χ0) is 18.9. The van der Waals surface area contributed by atoms with Gasteiger partial charge in [0.15, 0.2) is 5.96 Å². The molecule has 8 heteroatoms. The fraction of sp³-hybridized carbons (Fsp3) is 0.450. The molecule has 1 aliphatic rings. The minimum atomic E-state index is -0.210. The highest BCUT2D eigenvalue weighted by molar-refractivity contribution is 14.0. The molecular weight excluding hydrogens is 490 g/mol. The minimum absolute atomic E-state index is 0. The largest absolute Gasteiger partial charge is 0.379 e. The van der Waals surface area contributed by atoms with Gasteiger partial charge in [-0.05, 0) is 35.6 Å². The molecular formula is C20H28FIN4OS. The third kappa shape index (κ3) is 6.98. The molecule has 0 spiro atoms. The van der Waals surface area contributed by atoms with E-state index < -0.39 is 0 Å². The molecule has 1 aromatic heterocycles. The van der Waals surface area contributed by atoms with Crippen molar-refractivity contribution < 1.29 is 9.13 Å². The third-order valence-electron chi connectivity index (χ3n) is 4.67. The molecule has 5 nitrogen and oxygen atoms in total. The molecule has 1 aliphatic heterocycles. The van der Waals surface area contributed by atoms with Gasteiger partial charge in [-0.1, -0.05) is 18.2 Å². The van der Waals surface area contributed by atoms with Crippen molar-refractivity contribution in [3.8, 4) is 0 Å². The first-order chi connectivity index (χ1) is 13.3. The summed E-state index contributed by atoms with van der Waals surface area (Å²) in [6, 6.07) is 11.1. The van der Waals surface area contributed by atoms with E-state index >= 15 is 0 Å². The van der Waals surface area contributed by atoms with Gasteiger partial charge in [-0.15, -0.1) is 35.3 Å². The zero-order valence-corrected chi connectivity index (χ0v) is 19.2. The zero-order valence-electron chi connectivity index (χ0n) is 16.1. The van der Waals surface area contributed by atoms with Crippen molar-refractivity contribution in [3.63, 3.8) is 0 Å². The molecule has 154 valence electrons. The van der Waals surface area contributed by atoms with Crippen molar-refractivity contribution in [2.24, 2.45) is 4.99 Å². The van der Waals surface area contributed by atoms with Gasteiger partial charge in [0.2, 0.25) is 0 Å². The Morgan fingerprint density at radius 1 is 1.21 bits per heavy atom. The summed E-state index contributed by atoms with van der Waals surface area (Å²) in [7, 11) is 1.78. The summed E-state index contributed by atoms with van der Waals surface area (Å²) in [4.78, 5) is 8.06. The second-order valence-electron chi connectivity index (χ2n) is 6.42. The molecule has 1 atom stereocenters. The lowest BCUT2D eigenvalue weighted by Crippen LogP contribution is -2.46. The van der Waals surface area contributed by atoms with Gasteiger partial charge in [0.25, 0.3) is 0 Å². The Labute approximate surface area is 187 Å². The number of morpholine rings is 1. The maximum atomic E-state index is 13.3. The number of hydrogen-bond donors (Lipinski definition) is 2. The lowest BCUT2D eigenvalue weighted by molar-refractivity contribution is 0.0170.